The molecule has 1 atom stereocenters. The number of aromatic nitrogens is 1. The van der Waals surface area contributed by atoms with Crippen molar-refractivity contribution >= 4 is 5.91 Å². The summed E-state index contributed by atoms with van der Waals surface area (Å²) in [6.07, 6.45) is -3.74. The molecule has 1 amide bonds. The number of piperazine rings is 1. The Morgan fingerprint density at radius 1 is 1.47 bits per heavy atom. The Hall–Kier alpha value is -1.63. The lowest BCUT2D eigenvalue weighted by molar-refractivity contribution is -0.137. The van der Waals surface area contributed by atoms with Crippen LogP contribution in [0, 0.1) is 0 Å². The molecule has 0 aliphatic carbocycles. The number of amides is 1. The molecule has 1 unspecified atom stereocenters. The standard InChI is InChI=1S/C12H14F3N3O/c1-8-6-16-4-5-18(8)11(19)10-3-2-9(7-17-10)12(13,14)15/h2-3,7-8,16H,4-6H2,1H3. The van der Waals surface area contributed by atoms with Crippen LogP contribution in [-0.2, 0) is 6.18 Å². The van der Waals surface area contributed by atoms with Crippen LogP contribution in [0.1, 0.15) is 23.0 Å². The van der Waals surface area contributed by atoms with Crippen LogP contribution >= 0.6 is 0 Å². The van der Waals surface area contributed by atoms with Crippen molar-refractivity contribution in [3.63, 3.8) is 0 Å². The number of carbonyl (C=O) groups is 1. The molecule has 4 nitrogen and oxygen atoms in total. The normalized spacial score (nSPS) is 20.4. The van der Waals surface area contributed by atoms with Gasteiger partial charge >= 0.3 is 6.18 Å². The average molecular weight is 273 g/mol. The first-order valence-electron chi connectivity index (χ1n) is 5.94. The van der Waals surface area contributed by atoms with Crippen molar-refractivity contribution in [2.75, 3.05) is 19.6 Å². The Labute approximate surface area is 108 Å². The molecule has 1 aliphatic rings. The lowest BCUT2D eigenvalue weighted by Gasteiger charge is -2.33. The zero-order valence-electron chi connectivity index (χ0n) is 10.4. The van der Waals surface area contributed by atoms with Gasteiger partial charge in [0.2, 0.25) is 0 Å². The van der Waals surface area contributed by atoms with Crippen LogP contribution in [0.2, 0.25) is 0 Å². The van der Waals surface area contributed by atoms with Gasteiger partial charge in [0.15, 0.2) is 0 Å². The minimum absolute atomic E-state index is 0.00495. The summed E-state index contributed by atoms with van der Waals surface area (Å²) in [5.41, 5.74) is -0.806. The molecule has 19 heavy (non-hydrogen) atoms. The van der Waals surface area contributed by atoms with Gasteiger partial charge in [0.1, 0.15) is 5.69 Å². The van der Waals surface area contributed by atoms with Crippen molar-refractivity contribution in [3.05, 3.63) is 29.6 Å². The van der Waals surface area contributed by atoms with E-state index in [4.69, 9.17) is 0 Å². The van der Waals surface area contributed by atoms with Crippen LogP contribution in [0.4, 0.5) is 13.2 Å². The smallest absolute Gasteiger partial charge is 0.332 e. The van der Waals surface area contributed by atoms with Crippen molar-refractivity contribution < 1.29 is 18.0 Å². The van der Waals surface area contributed by atoms with Gasteiger partial charge in [-0.05, 0) is 19.1 Å². The maximum absolute atomic E-state index is 12.4. The Morgan fingerprint density at radius 2 is 2.21 bits per heavy atom. The number of carbonyl (C=O) groups excluding carboxylic acids is 1. The summed E-state index contributed by atoms with van der Waals surface area (Å²) in [4.78, 5) is 17.4. The molecule has 0 bridgehead atoms. The van der Waals surface area contributed by atoms with Gasteiger partial charge in [-0.1, -0.05) is 0 Å². The highest BCUT2D eigenvalue weighted by Gasteiger charge is 2.31. The molecule has 1 fully saturated rings. The maximum atomic E-state index is 12.4. The van der Waals surface area contributed by atoms with Crippen molar-refractivity contribution in [2.45, 2.75) is 19.1 Å². The van der Waals surface area contributed by atoms with Gasteiger partial charge in [-0.25, -0.2) is 0 Å². The Kier molecular flexibility index (Phi) is 3.75. The predicted octanol–water partition coefficient (Wildman–Crippen LogP) is 1.53. The summed E-state index contributed by atoms with van der Waals surface area (Å²) in [5.74, 6) is -0.331. The van der Waals surface area contributed by atoms with Crippen molar-refractivity contribution in [1.29, 1.82) is 0 Å². The average Bonchev–Trinajstić information content (AvgIpc) is 2.38. The van der Waals surface area contributed by atoms with Crippen LogP contribution < -0.4 is 5.32 Å². The van der Waals surface area contributed by atoms with E-state index in [0.717, 1.165) is 12.1 Å². The maximum Gasteiger partial charge on any atom is 0.417 e. The molecule has 7 heteroatoms. The summed E-state index contributed by atoms with van der Waals surface area (Å²) in [6, 6.07) is 2.01. The number of alkyl halides is 3. The third kappa shape index (κ3) is 3.04. The summed E-state index contributed by atoms with van der Waals surface area (Å²) >= 11 is 0. The molecule has 0 aromatic carbocycles. The number of nitrogens with one attached hydrogen (secondary N) is 1. The van der Waals surface area contributed by atoms with Crippen LogP contribution in [0.5, 0.6) is 0 Å². The van der Waals surface area contributed by atoms with Gasteiger partial charge in [0.05, 0.1) is 5.56 Å². The molecule has 2 heterocycles. The van der Waals surface area contributed by atoms with E-state index in [0.29, 0.717) is 25.8 Å². The van der Waals surface area contributed by atoms with Gasteiger partial charge < -0.3 is 10.2 Å². The molecule has 104 valence electrons. The predicted molar refractivity (Wildman–Crippen MR) is 62.6 cm³/mol. The van der Waals surface area contributed by atoms with Crippen LogP contribution in [0.3, 0.4) is 0 Å². The second-order valence-electron chi connectivity index (χ2n) is 4.48. The molecule has 0 saturated carbocycles. The molecular weight excluding hydrogens is 259 g/mol. The fraction of sp³-hybridized carbons (Fsp3) is 0.500. The molecule has 1 saturated heterocycles. The fourth-order valence-corrected chi connectivity index (χ4v) is 1.98. The third-order valence-corrected chi connectivity index (χ3v) is 3.07. The van der Waals surface area contributed by atoms with E-state index in [1.54, 1.807) is 4.90 Å². The fourth-order valence-electron chi connectivity index (χ4n) is 1.98. The lowest BCUT2D eigenvalue weighted by atomic mass is 10.2. The van der Waals surface area contributed by atoms with Gasteiger partial charge in [0.25, 0.3) is 5.91 Å². The third-order valence-electron chi connectivity index (χ3n) is 3.07. The van der Waals surface area contributed by atoms with E-state index >= 15 is 0 Å². The van der Waals surface area contributed by atoms with E-state index in [1.807, 2.05) is 6.92 Å². The highest BCUT2D eigenvalue weighted by molar-refractivity contribution is 5.92. The SMILES string of the molecule is CC1CNCCN1C(=O)c1ccc(C(F)(F)F)cn1. The summed E-state index contributed by atoms with van der Waals surface area (Å²) < 4.78 is 37.2. The minimum atomic E-state index is -4.43. The summed E-state index contributed by atoms with van der Waals surface area (Å²) in [6.45, 7) is 3.76. The zero-order valence-corrected chi connectivity index (χ0v) is 10.4. The van der Waals surface area contributed by atoms with Crippen molar-refractivity contribution in [1.82, 2.24) is 15.2 Å². The Bertz CT molecular complexity index is 458. The second-order valence-corrected chi connectivity index (χ2v) is 4.48. The zero-order chi connectivity index (χ0) is 14.0. The molecule has 2 rings (SSSR count). The largest absolute Gasteiger partial charge is 0.417 e. The van der Waals surface area contributed by atoms with Gasteiger partial charge in [-0.15, -0.1) is 0 Å². The monoisotopic (exact) mass is 273 g/mol. The Morgan fingerprint density at radius 3 is 2.74 bits per heavy atom. The van der Waals surface area contributed by atoms with Crippen LogP contribution in [0.25, 0.3) is 0 Å². The first-order chi connectivity index (χ1) is 8.89. The van der Waals surface area contributed by atoms with Crippen molar-refractivity contribution in [2.24, 2.45) is 0 Å². The number of hydrogen-bond donors (Lipinski definition) is 1. The molecule has 1 aliphatic heterocycles. The quantitative estimate of drug-likeness (QED) is 0.844. The van der Waals surface area contributed by atoms with Gasteiger partial charge in [-0.3, -0.25) is 9.78 Å². The lowest BCUT2D eigenvalue weighted by Crippen LogP contribution is -2.52. The first kappa shape index (κ1) is 13.8. The van der Waals surface area contributed by atoms with Gasteiger partial charge in [-0.2, -0.15) is 13.2 Å². The molecule has 1 N–H and O–H groups in total. The molecule has 1 aromatic rings. The topological polar surface area (TPSA) is 45.2 Å². The number of halogens is 3. The second kappa shape index (κ2) is 5.16. The van der Waals surface area contributed by atoms with E-state index < -0.39 is 11.7 Å². The van der Waals surface area contributed by atoms with Crippen molar-refractivity contribution in [3.8, 4) is 0 Å². The summed E-state index contributed by atoms with van der Waals surface area (Å²) in [7, 11) is 0. The number of rotatable bonds is 1. The number of nitrogens with zero attached hydrogens (tertiary/aromatic N) is 2. The highest BCUT2D eigenvalue weighted by Crippen LogP contribution is 2.28. The molecule has 0 radical (unpaired) electrons. The van der Waals surface area contributed by atoms with E-state index in [-0.39, 0.29) is 17.6 Å². The van der Waals surface area contributed by atoms with E-state index in [9.17, 15) is 18.0 Å². The number of pyridine rings is 1. The first-order valence-corrected chi connectivity index (χ1v) is 5.94. The molecule has 1 aromatic heterocycles. The minimum Gasteiger partial charge on any atom is -0.332 e. The van der Waals surface area contributed by atoms with Crippen LogP contribution in [-0.4, -0.2) is 41.5 Å². The summed E-state index contributed by atoms with van der Waals surface area (Å²) in [5, 5.41) is 3.14. The molecule has 0 spiro atoms. The van der Waals surface area contributed by atoms with E-state index in [2.05, 4.69) is 10.3 Å². The van der Waals surface area contributed by atoms with E-state index in [1.165, 1.54) is 0 Å². The highest BCUT2D eigenvalue weighted by atomic mass is 19.4. The molecular formula is C12H14F3N3O. The number of hydrogen-bond acceptors (Lipinski definition) is 3. The van der Waals surface area contributed by atoms with Crippen LogP contribution in [0.15, 0.2) is 18.3 Å². The Balaban J connectivity index is 2.15. The van der Waals surface area contributed by atoms with Gasteiger partial charge in [0, 0.05) is 31.9 Å².